The van der Waals surface area contributed by atoms with Crippen LogP contribution in [-0.4, -0.2) is 12.0 Å². The highest BCUT2D eigenvalue weighted by molar-refractivity contribution is 5.61. The molecule has 1 heterocycles. The molecule has 0 aliphatic carbocycles. The normalized spacial score (nSPS) is 9.74. The average molecular weight is 254 g/mol. The third kappa shape index (κ3) is 4.04. The van der Waals surface area contributed by atoms with Crippen molar-refractivity contribution < 1.29 is 0 Å². The molecule has 0 spiro atoms. The van der Waals surface area contributed by atoms with Gasteiger partial charge in [0.1, 0.15) is 0 Å². The van der Waals surface area contributed by atoms with Crippen LogP contribution in [0.5, 0.6) is 0 Å². The summed E-state index contributed by atoms with van der Waals surface area (Å²) < 4.78 is 0. The highest BCUT2D eigenvalue weighted by atomic mass is 14.7. The van der Waals surface area contributed by atoms with Gasteiger partial charge < -0.3 is 5.73 Å². The number of hydrogen-bond acceptors (Lipinski definition) is 2. The molecule has 2 rings (SSSR count). The maximum Gasteiger partial charge on any atom is 0.0702 e. The molecule has 0 saturated heterocycles. The fourth-order valence-electron chi connectivity index (χ4n) is 1.74. The SMILES string of the molecule is C=Cc1ccc(-c2ccc(C(C)C)cc2)nc1.CN. The Hall–Kier alpha value is -1.93. The first-order chi connectivity index (χ1) is 9.20. The number of aromatic nitrogens is 1. The van der Waals surface area contributed by atoms with E-state index in [0.29, 0.717) is 5.92 Å². The Labute approximate surface area is 116 Å². The molecule has 2 nitrogen and oxygen atoms in total. The van der Waals surface area contributed by atoms with Crippen molar-refractivity contribution in [2.45, 2.75) is 19.8 Å². The molecular weight excluding hydrogens is 232 g/mol. The van der Waals surface area contributed by atoms with E-state index in [0.717, 1.165) is 16.8 Å². The maximum absolute atomic E-state index is 4.50. The van der Waals surface area contributed by atoms with E-state index in [2.05, 4.69) is 55.4 Å². The van der Waals surface area contributed by atoms with Crippen molar-refractivity contribution in [3.8, 4) is 11.3 Å². The second-order valence-electron chi connectivity index (χ2n) is 4.46. The fourth-order valence-corrected chi connectivity index (χ4v) is 1.74. The molecule has 2 aromatic rings. The summed E-state index contributed by atoms with van der Waals surface area (Å²) in [6.45, 7) is 8.13. The molecule has 0 fully saturated rings. The number of nitrogens with two attached hydrogens (primary N) is 1. The molecule has 0 aliphatic heterocycles. The van der Waals surface area contributed by atoms with E-state index in [9.17, 15) is 0 Å². The Balaban J connectivity index is 0.000000861. The highest BCUT2D eigenvalue weighted by Gasteiger charge is 2.01. The zero-order valence-corrected chi connectivity index (χ0v) is 11.9. The molecule has 0 radical (unpaired) electrons. The van der Waals surface area contributed by atoms with Gasteiger partial charge in [-0.1, -0.05) is 56.8 Å². The number of nitrogens with zero attached hydrogens (tertiary/aromatic N) is 1. The zero-order valence-electron chi connectivity index (χ0n) is 11.9. The number of rotatable bonds is 3. The van der Waals surface area contributed by atoms with Crippen LogP contribution in [-0.2, 0) is 0 Å². The van der Waals surface area contributed by atoms with E-state index in [-0.39, 0.29) is 0 Å². The lowest BCUT2D eigenvalue weighted by atomic mass is 10.0. The Morgan fingerprint density at radius 1 is 1.05 bits per heavy atom. The minimum Gasteiger partial charge on any atom is -0.333 e. The summed E-state index contributed by atoms with van der Waals surface area (Å²) in [6, 6.07) is 12.7. The first-order valence-corrected chi connectivity index (χ1v) is 6.47. The molecule has 2 N–H and O–H groups in total. The van der Waals surface area contributed by atoms with Gasteiger partial charge >= 0.3 is 0 Å². The van der Waals surface area contributed by atoms with Gasteiger partial charge in [-0.3, -0.25) is 4.98 Å². The molecule has 100 valence electrons. The van der Waals surface area contributed by atoms with Crippen LogP contribution in [0.3, 0.4) is 0 Å². The molecule has 0 saturated carbocycles. The third-order valence-electron chi connectivity index (χ3n) is 2.90. The second kappa shape index (κ2) is 7.49. The van der Waals surface area contributed by atoms with Gasteiger partial charge in [0.25, 0.3) is 0 Å². The molecule has 1 aromatic heterocycles. The Bertz CT molecular complexity index is 496. The van der Waals surface area contributed by atoms with Gasteiger partial charge in [0.2, 0.25) is 0 Å². The predicted octanol–water partition coefficient (Wildman–Crippen LogP) is 4.09. The number of hydrogen-bond donors (Lipinski definition) is 1. The first-order valence-electron chi connectivity index (χ1n) is 6.47. The van der Waals surface area contributed by atoms with Crippen molar-refractivity contribution in [1.82, 2.24) is 4.98 Å². The predicted molar refractivity (Wildman–Crippen MR) is 84.0 cm³/mol. The smallest absolute Gasteiger partial charge is 0.0702 e. The topological polar surface area (TPSA) is 38.9 Å². The highest BCUT2D eigenvalue weighted by Crippen LogP contribution is 2.21. The molecule has 0 unspecified atom stereocenters. The van der Waals surface area contributed by atoms with Gasteiger partial charge in [-0.2, -0.15) is 0 Å². The van der Waals surface area contributed by atoms with E-state index in [1.54, 1.807) is 6.08 Å². The minimum absolute atomic E-state index is 0.570. The number of benzene rings is 1. The van der Waals surface area contributed by atoms with Gasteiger partial charge in [-0.05, 0) is 30.2 Å². The van der Waals surface area contributed by atoms with Crippen LogP contribution in [0, 0.1) is 0 Å². The molecule has 0 amide bonds. The van der Waals surface area contributed by atoms with Gasteiger partial charge in [-0.15, -0.1) is 0 Å². The van der Waals surface area contributed by atoms with Crippen molar-refractivity contribution in [1.29, 1.82) is 0 Å². The zero-order chi connectivity index (χ0) is 14.3. The Morgan fingerprint density at radius 3 is 2.11 bits per heavy atom. The summed E-state index contributed by atoms with van der Waals surface area (Å²) >= 11 is 0. The summed E-state index contributed by atoms with van der Waals surface area (Å²) in [6.07, 6.45) is 3.65. The maximum atomic E-state index is 4.50. The van der Waals surface area contributed by atoms with Gasteiger partial charge in [0, 0.05) is 11.8 Å². The quantitative estimate of drug-likeness (QED) is 0.896. The van der Waals surface area contributed by atoms with Crippen LogP contribution >= 0.6 is 0 Å². The van der Waals surface area contributed by atoms with E-state index in [4.69, 9.17) is 0 Å². The largest absolute Gasteiger partial charge is 0.333 e. The standard InChI is InChI=1S/C16H17N.CH5N/c1-4-13-5-10-16(17-11-13)15-8-6-14(7-9-15)12(2)3;1-2/h4-12H,1H2,2-3H3;2H2,1H3. The summed E-state index contributed by atoms with van der Waals surface area (Å²) in [4.78, 5) is 4.42. The third-order valence-corrected chi connectivity index (χ3v) is 2.90. The summed E-state index contributed by atoms with van der Waals surface area (Å²) in [5, 5.41) is 0. The molecule has 0 aliphatic rings. The van der Waals surface area contributed by atoms with Crippen molar-refractivity contribution in [2.24, 2.45) is 5.73 Å². The van der Waals surface area contributed by atoms with Crippen molar-refractivity contribution in [3.63, 3.8) is 0 Å². The van der Waals surface area contributed by atoms with Gasteiger partial charge in [-0.25, -0.2) is 0 Å². The Morgan fingerprint density at radius 2 is 1.68 bits per heavy atom. The molecule has 0 bridgehead atoms. The van der Waals surface area contributed by atoms with Crippen molar-refractivity contribution in [3.05, 3.63) is 60.3 Å². The van der Waals surface area contributed by atoms with Crippen molar-refractivity contribution in [2.75, 3.05) is 7.05 Å². The van der Waals surface area contributed by atoms with Crippen LogP contribution in [0.15, 0.2) is 49.2 Å². The van der Waals surface area contributed by atoms with Crippen LogP contribution in [0.4, 0.5) is 0 Å². The van der Waals surface area contributed by atoms with Gasteiger partial charge in [0.15, 0.2) is 0 Å². The Kier molecular flexibility index (Phi) is 5.97. The van der Waals surface area contributed by atoms with E-state index < -0.39 is 0 Å². The molecule has 0 atom stereocenters. The molecule has 2 heteroatoms. The van der Waals surface area contributed by atoms with E-state index in [1.165, 1.54) is 12.6 Å². The lowest BCUT2D eigenvalue weighted by molar-refractivity contribution is 0.867. The monoisotopic (exact) mass is 254 g/mol. The van der Waals surface area contributed by atoms with Crippen LogP contribution in [0.25, 0.3) is 17.3 Å². The van der Waals surface area contributed by atoms with Crippen LogP contribution < -0.4 is 5.73 Å². The molecule has 19 heavy (non-hydrogen) atoms. The summed E-state index contributed by atoms with van der Waals surface area (Å²) in [7, 11) is 1.50. The summed E-state index contributed by atoms with van der Waals surface area (Å²) in [5.41, 5.74) is 9.07. The fraction of sp³-hybridized carbons (Fsp3) is 0.235. The lowest BCUT2D eigenvalue weighted by Crippen LogP contribution is -1.88. The minimum atomic E-state index is 0.570. The van der Waals surface area contributed by atoms with E-state index in [1.807, 2.05) is 18.3 Å². The number of pyridine rings is 1. The van der Waals surface area contributed by atoms with Crippen LogP contribution in [0.1, 0.15) is 30.9 Å². The van der Waals surface area contributed by atoms with E-state index >= 15 is 0 Å². The van der Waals surface area contributed by atoms with Crippen LogP contribution in [0.2, 0.25) is 0 Å². The second-order valence-corrected chi connectivity index (χ2v) is 4.46. The first kappa shape index (κ1) is 15.1. The van der Waals surface area contributed by atoms with Gasteiger partial charge in [0.05, 0.1) is 5.69 Å². The average Bonchev–Trinajstić information content (AvgIpc) is 2.49. The lowest BCUT2D eigenvalue weighted by Gasteiger charge is -2.06. The van der Waals surface area contributed by atoms with Crippen molar-refractivity contribution >= 4 is 6.08 Å². The molecular formula is C17H22N2. The summed E-state index contributed by atoms with van der Waals surface area (Å²) in [5.74, 6) is 0.570. The molecule has 1 aromatic carbocycles.